The summed E-state index contributed by atoms with van der Waals surface area (Å²) >= 11 is 0. The number of aromatic nitrogens is 1. The molecule has 20 heavy (non-hydrogen) atoms. The summed E-state index contributed by atoms with van der Waals surface area (Å²) in [5, 5.41) is 5.44. The van der Waals surface area contributed by atoms with Crippen LogP contribution in [0.3, 0.4) is 0 Å². The van der Waals surface area contributed by atoms with Gasteiger partial charge in [-0.05, 0) is 48.9 Å². The molecule has 4 nitrogen and oxygen atoms in total. The highest BCUT2D eigenvalue weighted by Gasteiger charge is 2.63. The molecule has 0 bridgehead atoms. The van der Waals surface area contributed by atoms with Crippen LogP contribution in [-0.4, -0.2) is 34.1 Å². The van der Waals surface area contributed by atoms with Crippen molar-refractivity contribution in [3.63, 3.8) is 0 Å². The van der Waals surface area contributed by atoms with Gasteiger partial charge >= 0.3 is 0 Å². The first-order valence-corrected chi connectivity index (χ1v) is 7.45. The van der Waals surface area contributed by atoms with Gasteiger partial charge in [0, 0.05) is 41.4 Å². The molecule has 0 radical (unpaired) electrons. The Bertz CT molecular complexity index is 745. The van der Waals surface area contributed by atoms with E-state index in [9.17, 15) is 4.79 Å². The molecule has 1 aromatic carbocycles. The number of anilines is 1. The fourth-order valence-corrected chi connectivity index (χ4v) is 4.29. The summed E-state index contributed by atoms with van der Waals surface area (Å²) in [4.78, 5) is 17.1. The quantitative estimate of drug-likeness (QED) is 0.817. The van der Waals surface area contributed by atoms with Gasteiger partial charge in [-0.25, -0.2) is 0 Å². The number of piperidine rings is 1. The minimum absolute atomic E-state index is 0.0128. The average molecular weight is 267 g/mol. The molecule has 4 heterocycles. The Morgan fingerprint density at radius 2 is 2.05 bits per heavy atom. The monoisotopic (exact) mass is 267 g/mol. The van der Waals surface area contributed by atoms with E-state index in [0.717, 1.165) is 34.6 Å². The number of aromatic amines is 1. The predicted molar refractivity (Wildman–Crippen MR) is 79.0 cm³/mol. The number of benzene rings is 1. The summed E-state index contributed by atoms with van der Waals surface area (Å²) < 4.78 is 0. The van der Waals surface area contributed by atoms with Crippen LogP contribution in [-0.2, 0) is 0 Å². The van der Waals surface area contributed by atoms with Gasteiger partial charge in [0.25, 0.3) is 5.56 Å². The van der Waals surface area contributed by atoms with Crippen LogP contribution >= 0.6 is 0 Å². The van der Waals surface area contributed by atoms with Crippen LogP contribution in [0.4, 0.5) is 5.69 Å². The highest BCUT2D eigenvalue weighted by atomic mass is 16.1. The first-order chi connectivity index (χ1) is 9.79. The minimum atomic E-state index is -0.0128. The number of H-pyrrole nitrogens is 1. The number of hydrogen-bond donors (Lipinski definition) is 2. The van der Waals surface area contributed by atoms with Crippen LogP contribution in [0.2, 0.25) is 0 Å². The molecule has 4 heteroatoms. The first kappa shape index (κ1) is 10.9. The Balaban J connectivity index is 1.42. The molecule has 3 fully saturated rings. The minimum Gasteiger partial charge on any atom is -0.382 e. The lowest BCUT2D eigenvalue weighted by molar-refractivity contribution is 0.196. The second-order valence-electron chi connectivity index (χ2n) is 6.39. The Hall–Kier alpha value is -1.81. The van der Waals surface area contributed by atoms with E-state index in [1.54, 1.807) is 6.20 Å². The van der Waals surface area contributed by atoms with Crippen molar-refractivity contribution in [3.05, 3.63) is 40.8 Å². The molecular weight excluding hydrogens is 250 g/mol. The van der Waals surface area contributed by atoms with Crippen molar-refractivity contribution in [3.8, 4) is 0 Å². The van der Waals surface area contributed by atoms with E-state index in [0.29, 0.717) is 6.04 Å². The van der Waals surface area contributed by atoms with Crippen LogP contribution in [0.5, 0.6) is 0 Å². The van der Waals surface area contributed by atoms with E-state index in [1.165, 1.54) is 19.3 Å². The van der Waals surface area contributed by atoms with E-state index in [4.69, 9.17) is 0 Å². The van der Waals surface area contributed by atoms with Crippen LogP contribution in [0.15, 0.2) is 35.3 Å². The SMILES string of the molecule is O=c1[nH]ccc2cc(N[C@@H]3C[C@H]4CC5[C@@H](C3)N54)ccc12. The number of nitrogens with zero attached hydrogens (tertiary/aromatic N) is 1. The third-order valence-corrected chi connectivity index (χ3v) is 5.28. The normalized spacial score (nSPS) is 37.1. The third kappa shape index (κ3) is 1.43. The number of pyridine rings is 1. The summed E-state index contributed by atoms with van der Waals surface area (Å²) in [6.07, 6.45) is 5.66. The second kappa shape index (κ2) is 3.64. The standard InChI is InChI=1S/C16H17N3O/c20-16-13-2-1-10(5-9(13)3-4-17-16)18-11-6-12-8-15-14(7-11)19(12)15/h1-5,11-12,14-15,18H,6-8H2,(H,17,20)/t11-,12+,14-,15?,19?/m1/s1. The van der Waals surface area contributed by atoms with Crippen molar-refractivity contribution in [1.82, 2.24) is 9.88 Å². The summed E-state index contributed by atoms with van der Waals surface area (Å²) in [6.45, 7) is 0. The number of rotatable bonds is 2. The van der Waals surface area contributed by atoms with Gasteiger partial charge in [0.05, 0.1) is 0 Å². The first-order valence-electron chi connectivity index (χ1n) is 7.45. The fraction of sp³-hybridized carbons (Fsp3) is 0.438. The fourth-order valence-electron chi connectivity index (χ4n) is 4.29. The molecule has 0 spiro atoms. The molecule has 3 aliphatic heterocycles. The molecule has 3 saturated heterocycles. The second-order valence-corrected chi connectivity index (χ2v) is 6.39. The Labute approximate surface area is 116 Å². The maximum atomic E-state index is 11.7. The van der Waals surface area contributed by atoms with Gasteiger partial charge in [0.2, 0.25) is 0 Å². The number of fused-ring (bicyclic) bond motifs is 2. The van der Waals surface area contributed by atoms with Crippen molar-refractivity contribution < 1.29 is 0 Å². The molecule has 5 atom stereocenters. The van der Waals surface area contributed by atoms with Gasteiger partial charge in [-0.3, -0.25) is 9.69 Å². The average Bonchev–Trinajstić information content (AvgIpc) is 3.06. The predicted octanol–water partition coefficient (Wildman–Crippen LogP) is 1.93. The van der Waals surface area contributed by atoms with Crippen molar-refractivity contribution >= 4 is 16.5 Å². The molecule has 5 rings (SSSR count). The molecular formula is C16H17N3O. The van der Waals surface area contributed by atoms with Crippen LogP contribution < -0.4 is 10.9 Å². The zero-order valence-electron chi connectivity index (χ0n) is 11.2. The van der Waals surface area contributed by atoms with Gasteiger partial charge in [0.1, 0.15) is 0 Å². The van der Waals surface area contributed by atoms with E-state index in [1.807, 2.05) is 18.2 Å². The van der Waals surface area contributed by atoms with Gasteiger partial charge in [0.15, 0.2) is 0 Å². The van der Waals surface area contributed by atoms with Gasteiger partial charge < -0.3 is 10.3 Å². The van der Waals surface area contributed by atoms with E-state index >= 15 is 0 Å². The zero-order valence-corrected chi connectivity index (χ0v) is 11.2. The lowest BCUT2D eigenvalue weighted by Crippen LogP contribution is -2.40. The molecule has 2 unspecified atom stereocenters. The molecule has 0 amide bonds. The number of nitrogens with one attached hydrogen (secondary N) is 2. The molecule has 1 aromatic heterocycles. The summed E-state index contributed by atoms with van der Waals surface area (Å²) in [7, 11) is 0. The molecule has 3 aliphatic rings. The largest absolute Gasteiger partial charge is 0.382 e. The maximum Gasteiger partial charge on any atom is 0.255 e. The van der Waals surface area contributed by atoms with Crippen molar-refractivity contribution in [2.45, 2.75) is 43.4 Å². The smallest absolute Gasteiger partial charge is 0.255 e. The molecule has 0 saturated carbocycles. The van der Waals surface area contributed by atoms with Crippen LogP contribution in [0.25, 0.3) is 10.8 Å². The van der Waals surface area contributed by atoms with E-state index < -0.39 is 0 Å². The summed E-state index contributed by atoms with van der Waals surface area (Å²) in [5.74, 6) is 0. The van der Waals surface area contributed by atoms with E-state index in [2.05, 4.69) is 21.3 Å². The summed E-state index contributed by atoms with van der Waals surface area (Å²) in [5.41, 5.74) is 1.13. The van der Waals surface area contributed by atoms with Gasteiger partial charge in [-0.1, -0.05) is 0 Å². The van der Waals surface area contributed by atoms with Crippen molar-refractivity contribution in [2.75, 3.05) is 5.32 Å². The molecule has 2 aromatic rings. The molecule has 2 N–H and O–H groups in total. The van der Waals surface area contributed by atoms with Crippen LogP contribution in [0, 0.1) is 0 Å². The lowest BCUT2D eigenvalue weighted by atomic mass is 9.98. The maximum absolute atomic E-state index is 11.7. The Morgan fingerprint density at radius 1 is 1.15 bits per heavy atom. The lowest BCUT2D eigenvalue weighted by Gasteiger charge is -2.33. The van der Waals surface area contributed by atoms with Crippen molar-refractivity contribution in [2.24, 2.45) is 0 Å². The number of hydrogen-bond acceptors (Lipinski definition) is 3. The van der Waals surface area contributed by atoms with E-state index in [-0.39, 0.29) is 5.56 Å². The third-order valence-electron chi connectivity index (χ3n) is 5.28. The Morgan fingerprint density at radius 3 is 2.95 bits per heavy atom. The Kier molecular flexibility index (Phi) is 1.99. The highest BCUT2D eigenvalue weighted by Crippen LogP contribution is 2.53. The summed E-state index contributed by atoms with van der Waals surface area (Å²) in [6, 6.07) is 11.2. The highest BCUT2D eigenvalue weighted by molar-refractivity contribution is 5.84. The zero-order chi connectivity index (χ0) is 13.3. The molecule has 102 valence electrons. The van der Waals surface area contributed by atoms with Crippen LogP contribution in [0.1, 0.15) is 19.3 Å². The van der Waals surface area contributed by atoms with Crippen molar-refractivity contribution in [1.29, 1.82) is 0 Å². The molecule has 0 aliphatic carbocycles. The van der Waals surface area contributed by atoms with Gasteiger partial charge in [-0.2, -0.15) is 0 Å². The topological polar surface area (TPSA) is 47.9 Å². The van der Waals surface area contributed by atoms with Gasteiger partial charge in [-0.15, -0.1) is 0 Å².